The third kappa shape index (κ3) is 9.15. The lowest BCUT2D eigenvalue weighted by molar-refractivity contribution is -0.135. The van der Waals surface area contributed by atoms with E-state index in [0.29, 0.717) is 30.0 Å². The molecular formula is C39H49N9O4. The van der Waals surface area contributed by atoms with Crippen LogP contribution in [0.4, 0.5) is 0 Å². The Morgan fingerprint density at radius 1 is 0.923 bits per heavy atom. The van der Waals surface area contributed by atoms with Crippen molar-refractivity contribution in [3.8, 4) is 33.9 Å². The molecule has 13 heteroatoms. The number of nitrogens with one attached hydrogen (secondary N) is 3. The van der Waals surface area contributed by atoms with Gasteiger partial charge in [-0.3, -0.25) is 14.4 Å². The van der Waals surface area contributed by atoms with Crippen LogP contribution in [0, 0.1) is 0 Å². The van der Waals surface area contributed by atoms with E-state index >= 15 is 0 Å². The molecule has 6 rings (SSSR count). The van der Waals surface area contributed by atoms with Crippen LogP contribution in [0.3, 0.4) is 0 Å². The predicted octanol–water partition coefficient (Wildman–Crippen LogP) is 6.29. The van der Waals surface area contributed by atoms with Crippen LogP contribution in [0.2, 0.25) is 0 Å². The van der Waals surface area contributed by atoms with Crippen molar-refractivity contribution < 1.29 is 19.1 Å². The lowest BCUT2D eigenvalue weighted by Gasteiger charge is -2.28. The first-order chi connectivity index (χ1) is 25.3. The quantitative estimate of drug-likeness (QED) is 0.135. The lowest BCUT2D eigenvalue weighted by atomic mass is 10.1. The van der Waals surface area contributed by atoms with Crippen molar-refractivity contribution in [3.05, 3.63) is 96.6 Å². The highest BCUT2D eigenvalue weighted by atomic mass is 16.4. The number of nitrogens with zero attached hydrogens (tertiary/aromatic N) is 6. The summed E-state index contributed by atoms with van der Waals surface area (Å²) in [4.78, 5) is 65.4. The number of likely N-dealkylation sites (tertiary alicyclic amines) is 1. The van der Waals surface area contributed by atoms with Gasteiger partial charge in [0.15, 0.2) is 5.82 Å². The van der Waals surface area contributed by atoms with Gasteiger partial charge in [-0.15, -0.1) is 0 Å². The van der Waals surface area contributed by atoms with Crippen molar-refractivity contribution >= 4 is 18.2 Å². The Labute approximate surface area is 305 Å². The van der Waals surface area contributed by atoms with E-state index in [0.717, 1.165) is 53.3 Å². The molecule has 0 radical (unpaired) electrons. The van der Waals surface area contributed by atoms with Gasteiger partial charge in [0.05, 0.1) is 35.9 Å². The molecule has 1 fully saturated rings. The molecule has 274 valence electrons. The molecule has 0 unspecified atom stereocenters. The molecule has 4 heterocycles. The number of H-pyrrole nitrogens is 2. The summed E-state index contributed by atoms with van der Waals surface area (Å²) in [7, 11) is 4.95. The van der Waals surface area contributed by atoms with Crippen molar-refractivity contribution in [1.29, 1.82) is 0 Å². The number of hydrogen-bond acceptors (Lipinski definition) is 8. The number of hydrogen-bond donors (Lipinski definition) is 3. The Kier molecular flexibility index (Phi) is 14.3. The number of benzene rings is 2. The zero-order chi connectivity index (χ0) is 37.6. The van der Waals surface area contributed by atoms with Gasteiger partial charge in [0.1, 0.15) is 17.7 Å². The van der Waals surface area contributed by atoms with Crippen molar-refractivity contribution in [3.63, 3.8) is 0 Å². The monoisotopic (exact) mass is 707 g/mol. The second-order valence-electron chi connectivity index (χ2n) is 12.0. The van der Waals surface area contributed by atoms with Crippen LogP contribution in [0.5, 0.6) is 0 Å². The number of likely N-dealkylation sites (N-methyl/N-ethyl adjacent to an activating group) is 1. The number of aromatic amines is 2. The van der Waals surface area contributed by atoms with Crippen LogP contribution in [-0.2, 0) is 19.1 Å². The van der Waals surface area contributed by atoms with Gasteiger partial charge in [0.2, 0.25) is 18.2 Å². The molecule has 1 aliphatic rings. The SMILES string of the molecule is CC.CCC(=O)N1CCC[C@H]1c1ncc(-c2cnc(-c3ccc(-c4cnc([C@H](C)N(C)C(=O)[C@H](NC=O)c5ccccc5)[nH]4)cc3)nc2)[nH]1.COC. The summed E-state index contributed by atoms with van der Waals surface area (Å²) in [5.74, 6) is 1.90. The Hall–Kier alpha value is -5.69. The van der Waals surface area contributed by atoms with E-state index in [1.807, 2.05) is 87.2 Å². The Morgan fingerprint density at radius 3 is 2.17 bits per heavy atom. The van der Waals surface area contributed by atoms with E-state index in [4.69, 9.17) is 0 Å². The Bertz CT molecular complexity index is 1860. The highest BCUT2D eigenvalue weighted by Crippen LogP contribution is 2.32. The fraction of sp³-hybridized carbons (Fsp3) is 0.359. The first-order valence-corrected chi connectivity index (χ1v) is 17.5. The lowest BCUT2D eigenvalue weighted by Crippen LogP contribution is -2.40. The highest BCUT2D eigenvalue weighted by molar-refractivity contribution is 5.85. The molecule has 0 saturated carbocycles. The van der Waals surface area contributed by atoms with Gasteiger partial charge in [-0.05, 0) is 30.9 Å². The Balaban J connectivity index is 0.00000115. The third-order valence-corrected chi connectivity index (χ3v) is 8.74. The van der Waals surface area contributed by atoms with Gasteiger partial charge in [0.25, 0.3) is 0 Å². The van der Waals surface area contributed by atoms with Gasteiger partial charge >= 0.3 is 0 Å². The van der Waals surface area contributed by atoms with Crippen molar-refractivity contribution in [2.45, 2.75) is 65.1 Å². The molecule has 2 aromatic carbocycles. The highest BCUT2D eigenvalue weighted by Gasteiger charge is 2.31. The maximum atomic E-state index is 13.3. The van der Waals surface area contributed by atoms with Gasteiger partial charge in [0, 0.05) is 57.8 Å². The summed E-state index contributed by atoms with van der Waals surface area (Å²) in [6, 6.07) is 15.8. The maximum absolute atomic E-state index is 13.3. The first-order valence-electron chi connectivity index (χ1n) is 17.5. The molecule has 0 spiro atoms. The van der Waals surface area contributed by atoms with Gasteiger partial charge < -0.3 is 29.8 Å². The largest absolute Gasteiger partial charge is 0.388 e. The number of carbonyl (C=O) groups is 3. The van der Waals surface area contributed by atoms with E-state index in [2.05, 4.69) is 40.0 Å². The van der Waals surface area contributed by atoms with Crippen LogP contribution in [-0.4, -0.2) is 85.7 Å². The molecule has 0 bridgehead atoms. The van der Waals surface area contributed by atoms with Crippen LogP contribution >= 0.6 is 0 Å². The minimum Gasteiger partial charge on any atom is -0.388 e. The van der Waals surface area contributed by atoms with Gasteiger partial charge in [-0.1, -0.05) is 75.4 Å². The van der Waals surface area contributed by atoms with Crippen LogP contribution in [0.15, 0.2) is 79.4 Å². The third-order valence-electron chi connectivity index (χ3n) is 8.74. The summed E-state index contributed by atoms with van der Waals surface area (Å²) in [6.07, 6.45) is 9.94. The van der Waals surface area contributed by atoms with Gasteiger partial charge in [-0.25, -0.2) is 19.9 Å². The molecule has 3 amide bonds. The number of methoxy groups -OCH3 is 1. The fourth-order valence-electron chi connectivity index (χ4n) is 5.92. The van der Waals surface area contributed by atoms with E-state index in [1.54, 1.807) is 51.0 Å². The molecule has 3 atom stereocenters. The summed E-state index contributed by atoms with van der Waals surface area (Å²) in [6.45, 7) is 8.53. The van der Waals surface area contributed by atoms with Crippen molar-refractivity contribution in [2.24, 2.45) is 0 Å². The minimum atomic E-state index is -0.795. The molecule has 52 heavy (non-hydrogen) atoms. The van der Waals surface area contributed by atoms with Crippen molar-refractivity contribution in [1.82, 2.24) is 45.0 Å². The van der Waals surface area contributed by atoms with Crippen LogP contribution in [0.1, 0.15) is 82.3 Å². The molecular weight excluding hydrogens is 658 g/mol. The Morgan fingerprint density at radius 2 is 1.54 bits per heavy atom. The maximum Gasteiger partial charge on any atom is 0.250 e. The van der Waals surface area contributed by atoms with Crippen LogP contribution in [0.25, 0.3) is 33.9 Å². The number of rotatable bonds is 11. The average Bonchev–Trinajstić information content (AvgIpc) is 3.99. The topological polar surface area (TPSA) is 162 Å². The second-order valence-corrected chi connectivity index (χ2v) is 12.0. The number of ether oxygens (including phenoxy) is 1. The normalized spacial score (nSPS) is 14.6. The standard InChI is InChI=1S/C35H37N9O3.C2H6O.C2H6/c1-4-30(46)44-16-8-11-29(44)34-39-20-28(42-34)26-17-36-33(37-18-26)25-14-12-23(13-15-25)27-19-38-32(41-27)22(2)43(3)35(47)31(40-21-45)24-9-6-5-7-10-24;1-3-2;1-2/h5-7,9-10,12-15,17-22,29,31H,4,8,11,16H2,1-3H3,(H,38,41)(H,39,42)(H,40,45);1-2H3;1-2H3/t22-,29-,31+;;/m0../s1. The van der Waals surface area contributed by atoms with Gasteiger partial charge in [-0.2, -0.15) is 0 Å². The zero-order valence-electron chi connectivity index (χ0n) is 31.0. The molecule has 3 N–H and O–H groups in total. The molecule has 13 nitrogen and oxygen atoms in total. The van der Waals surface area contributed by atoms with Crippen molar-refractivity contribution in [2.75, 3.05) is 27.8 Å². The molecule has 3 aromatic heterocycles. The number of amides is 3. The summed E-state index contributed by atoms with van der Waals surface area (Å²) in [5.41, 5.74) is 4.91. The molecule has 5 aromatic rings. The van der Waals surface area contributed by atoms with E-state index < -0.39 is 6.04 Å². The second kappa shape index (κ2) is 19.1. The fourth-order valence-corrected chi connectivity index (χ4v) is 5.92. The average molecular weight is 708 g/mol. The number of aromatic nitrogens is 6. The number of imidazole rings is 2. The first kappa shape index (κ1) is 39.1. The smallest absolute Gasteiger partial charge is 0.250 e. The summed E-state index contributed by atoms with van der Waals surface area (Å²) in [5, 5.41) is 2.64. The van der Waals surface area contributed by atoms with E-state index in [9.17, 15) is 14.4 Å². The molecule has 1 aliphatic heterocycles. The summed E-state index contributed by atoms with van der Waals surface area (Å²) < 4.78 is 4.25. The van der Waals surface area contributed by atoms with E-state index in [-0.39, 0.29) is 23.9 Å². The molecule has 0 aliphatic carbocycles. The molecule has 1 saturated heterocycles. The van der Waals surface area contributed by atoms with Crippen LogP contribution < -0.4 is 5.32 Å². The summed E-state index contributed by atoms with van der Waals surface area (Å²) >= 11 is 0. The predicted molar refractivity (Wildman–Crippen MR) is 200 cm³/mol. The minimum absolute atomic E-state index is 0.0230. The van der Waals surface area contributed by atoms with E-state index in [1.165, 1.54) is 0 Å². The number of carbonyl (C=O) groups excluding carboxylic acids is 3. The zero-order valence-corrected chi connectivity index (χ0v) is 31.0.